The second kappa shape index (κ2) is 5.28. The topological polar surface area (TPSA) is 46.9 Å². The minimum atomic E-state index is 0. The number of nitrogens with zero attached hydrogens (tertiary/aromatic N) is 2. The molecule has 1 aromatic rings. The van der Waals surface area contributed by atoms with E-state index in [-0.39, 0.29) is 24.1 Å². The van der Waals surface area contributed by atoms with Crippen LogP contribution < -0.4 is 5.32 Å². The summed E-state index contributed by atoms with van der Waals surface area (Å²) in [6.07, 6.45) is 5.36. The van der Waals surface area contributed by atoms with E-state index in [1.807, 2.05) is 7.05 Å². The van der Waals surface area contributed by atoms with E-state index in [9.17, 15) is 4.79 Å². The van der Waals surface area contributed by atoms with Crippen molar-refractivity contribution in [2.75, 3.05) is 13.1 Å². The zero-order valence-corrected chi connectivity index (χ0v) is 9.59. The summed E-state index contributed by atoms with van der Waals surface area (Å²) in [5, 5.41) is 7.27. The molecule has 0 bridgehead atoms. The molecule has 0 saturated carbocycles. The standard InChI is InChI=1S/C10H15N3O.ClH/c1-13-7-9(6-12-13)10(14)8-2-4-11-5-3-8;/h6-8,11H,2-5H2,1H3;1H. The lowest BCUT2D eigenvalue weighted by molar-refractivity contribution is 0.0895. The van der Waals surface area contributed by atoms with Gasteiger partial charge in [-0.15, -0.1) is 12.4 Å². The molecule has 2 heterocycles. The van der Waals surface area contributed by atoms with Gasteiger partial charge in [0, 0.05) is 19.2 Å². The van der Waals surface area contributed by atoms with Crippen molar-refractivity contribution < 1.29 is 4.79 Å². The highest BCUT2D eigenvalue weighted by Gasteiger charge is 2.22. The first-order valence-electron chi connectivity index (χ1n) is 5.01. The predicted molar refractivity (Wildman–Crippen MR) is 60.4 cm³/mol. The van der Waals surface area contributed by atoms with Crippen LogP contribution in [0.25, 0.3) is 0 Å². The Labute approximate surface area is 95.5 Å². The molecule has 1 N–H and O–H groups in total. The molecule has 1 aliphatic heterocycles. The Bertz CT molecular complexity index is 331. The first kappa shape index (κ1) is 12.2. The predicted octanol–water partition coefficient (Wildman–Crippen LogP) is 1.02. The van der Waals surface area contributed by atoms with Gasteiger partial charge in [-0.1, -0.05) is 0 Å². The number of nitrogens with one attached hydrogen (secondary N) is 1. The van der Waals surface area contributed by atoms with Gasteiger partial charge in [0.25, 0.3) is 0 Å². The van der Waals surface area contributed by atoms with Gasteiger partial charge >= 0.3 is 0 Å². The summed E-state index contributed by atoms with van der Waals surface area (Å²) < 4.78 is 1.67. The Hall–Kier alpha value is -0.870. The minimum Gasteiger partial charge on any atom is -0.317 e. The van der Waals surface area contributed by atoms with E-state index in [0.29, 0.717) is 0 Å². The molecule has 0 unspecified atom stereocenters. The van der Waals surface area contributed by atoms with Crippen molar-refractivity contribution in [3.8, 4) is 0 Å². The maximum absolute atomic E-state index is 11.9. The lowest BCUT2D eigenvalue weighted by Crippen LogP contribution is -2.31. The molecule has 0 atom stereocenters. The van der Waals surface area contributed by atoms with E-state index in [1.54, 1.807) is 17.1 Å². The van der Waals surface area contributed by atoms with E-state index in [2.05, 4.69) is 10.4 Å². The van der Waals surface area contributed by atoms with Crippen LogP contribution in [0.15, 0.2) is 12.4 Å². The van der Waals surface area contributed by atoms with Gasteiger partial charge in [0.2, 0.25) is 0 Å². The van der Waals surface area contributed by atoms with E-state index in [1.165, 1.54) is 0 Å². The van der Waals surface area contributed by atoms with E-state index >= 15 is 0 Å². The van der Waals surface area contributed by atoms with Crippen molar-refractivity contribution in [2.45, 2.75) is 12.8 Å². The molecule has 15 heavy (non-hydrogen) atoms. The molecule has 1 saturated heterocycles. The van der Waals surface area contributed by atoms with Crippen molar-refractivity contribution in [2.24, 2.45) is 13.0 Å². The molecule has 0 amide bonds. The summed E-state index contributed by atoms with van der Waals surface area (Å²) in [7, 11) is 1.83. The highest BCUT2D eigenvalue weighted by Crippen LogP contribution is 2.17. The Balaban J connectivity index is 0.00000112. The Kier molecular flexibility index (Phi) is 4.29. The zero-order chi connectivity index (χ0) is 9.97. The minimum absolute atomic E-state index is 0. The Morgan fingerprint density at radius 1 is 1.53 bits per heavy atom. The van der Waals surface area contributed by atoms with Crippen molar-refractivity contribution >= 4 is 18.2 Å². The third kappa shape index (κ3) is 2.79. The number of halogens is 1. The smallest absolute Gasteiger partial charge is 0.169 e. The fourth-order valence-corrected chi connectivity index (χ4v) is 1.87. The molecular formula is C10H16ClN3O. The first-order valence-corrected chi connectivity index (χ1v) is 5.01. The molecular weight excluding hydrogens is 214 g/mol. The number of aromatic nitrogens is 2. The average molecular weight is 230 g/mol. The van der Waals surface area contributed by atoms with Crippen LogP contribution in [0.3, 0.4) is 0 Å². The third-order valence-electron chi connectivity index (χ3n) is 2.70. The lowest BCUT2D eigenvalue weighted by atomic mass is 9.91. The molecule has 1 aromatic heterocycles. The lowest BCUT2D eigenvalue weighted by Gasteiger charge is -2.20. The monoisotopic (exact) mass is 229 g/mol. The number of hydrogen-bond acceptors (Lipinski definition) is 3. The number of aryl methyl sites for hydroxylation is 1. The van der Waals surface area contributed by atoms with Gasteiger partial charge in [0.15, 0.2) is 5.78 Å². The van der Waals surface area contributed by atoms with Crippen LogP contribution in [0.5, 0.6) is 0 Å². The number of hydrogen-bond donors (Lipinski definition) is 1. The molecule has 1 aliphatic rings. The van der Waals surface area contributed by atoms with Crippen LogP contribution in [0.2, 0.25) is 0 Å². The summed E-state index contributed by atoms with van der Waals surface area (Å²) in [5.41, 5.74) is 0.749. The summed E-state index contributed by atoms with van der Waals surface area (Å²) in [5.74, 6) is 0.444. The maximum Gasteiger partial charge on any atom is 0.169 e. The number of rotatable bonds is 2. The molecule has 0 radical (unpaired) electrons. The number of carbonyl (C=O) groups excluding carboxylic acids is 1. The largest absolute Gasteiger partial charge is 0.317 e. The van der Waals surface area contributed by atoms with Crippen LogP contribution in [-0.2, 0) is 7.05 Å². The molecule has 0 aromatic carbocycles. The number of carbonyl (C=O) groups is 1. The molecule has 84 valence electrons. The summed E-state index contributed by atoms with van der Waals surface area (Å²) in [6, 6.07) is 0. The third-order valence-corrected chi connectivity index (χ3v) is 2.70. The number of ketones is 1. The Morgan fingerprint density at radius 2 is 2.20 bits per heavy atom. The normalized spacial score (nSPS) is 17.1. The van der Waals surface area contributed by atoms with E-state index in [4.69, 9.17) is 0 Å². The number of piperidine rings is 1. The van der Waals surface area contributed by atoms with Crippen molar-refractivity contribution in [3.63, 3.8) is 0 Å². The van der Waals surface area contributed by atoms with Crippen LogP contribution in [0.4, 0.5) is 0 Å². The SMILES string of the molecule is Cl.Cn1cc(C(=O)C2CCNCC2)cn1. The van der Waals surface area contributed by atoms with Crippen LogP contribution >= 0.6 is 12.4 Å². The van der Waals surface area contributed by atoms with Crippen molar-refractivity contribution in [3.05, 3.63) is 18.0 Å². The molecule has 5 heteroatoms. The van der Waals surface area contributed by atoms with Crippen LogP contribution in [-0.4, -0.2) is 28.7 Å². The van der Waals surface area contributed by atoms with E-state index in [0.717, 1.165) is 31.5 Å². The molecule has 0 aliphatic carbocycles. The summed E-state index contributed by atoms with van der Waals surface area (Å²) in [6.45, 7) is 1.91. The van der Waals surface area contributed by atoms with Gasteiger partial charge in [-0.05, 0) is 25.9 Å². The van der Waals surface area contributed by atoms with Gasteiger partial charge in [-0.2, -0.15) is 5.10 Å². The summed E-state index contributed by atoms with van der Waals surface area (Å²) in [4.78, 5) is 11.9. The molecule has 4 nitrogen and oxygen atoms in total. The average Bonchev–Trinajstić information content (AvgIpc) is 2.65. The number of Topliss-reactive ketones (excluding diaryl/α,β-unsaturated/α-hetero) is 1. The fourth-order valence-electron chi connectivity index (χ4n) is 1.87. The second-order valence-corrected chi connectivity index (χ2v) is 3.79. The van der Waals surface area contributed by atoms with Gasteiger partial charge in [-0.25, -0.2) is 0 Å². The molecule has 2 rings (SSSR count). The second-order valence-electron chi connectivity index (χ2n) is 3.79. The van der Waals surface area contributed by atoms with Crippen LogP contribution in [0, 0.1) is 5.92 Å². The Morgan fingerprint density at radius 3 is 2.73 bits per heavy atom. The highest BCUT2D eigenvalue weighted by atomic mass is 35.5. The first-order chi connectivity index (χ1) is 6.77. The zero-order valence-electron chi connectivity index (χ0n) is 8.77. The maximum atomic E-state index is 11.9. The quantitative estimate of drug-likeness (QED) is 0.771. The van der Waals surface area contributed by atoms with E-state index < -0.39 is 0 Å². The molecule has 0 spiro atoms. The van der Waals surface area contributed by atoms with Crippen molar-refractivity contribution in [1.29, 1.82) is 0 Å². The summed E-state index contributed by atoms with van der Waals surface area (Å²) >= 11 is 0. The highest BCUT2D eigenvalue weighted by molar-refractivity contribution is 5.97. The molecule has 1 fully saturated rings. The van der Waals surface area contributed by atoms with Gasteiger partial charge < -0.3 is 5.32 Å². The van der Waals surface area contributed by atoms with Gasteiger partial charge in [0.05, 0.1) is 11.8 Å². The van der Waals surface area contributed by atoms with Crippen LogP contribution in [0.1, 0.15) is 23.2 Å². The van der Waals surface area contributed by atoms with Gasteiger partial charge in [0.1, 0.15) is 0 Å². The van der Waals surface area contributed by atoms with Gasteiger partial charge in [-0.3, -0.25) is 9.48 Å². The van der Waals surface area contributed by atoms with Crippen molar-refractivity contribution in [1.82, 2.24) is 15.1 Å². The fraction of sp³-hybridized carbons (Fsp3) is 0.600.